The second kappa shape index (κ2) is 6.64. The van der Waals surface area contributed by atoms with Crippen molar-refractivity contribution >= 4 is 5.78 Å². The summed E-state index contributed by atoms with van der Waals surface area (Å²) in [6.07, 6.45) is 7.09. The maximum absolute atomic E-state index is 11.9. The third-order valence-electron chi connectivity index (χ3n) is 3.74. The van der Waals surface area contributed by atoms with Gasteiger partial charge in [-0.15, -0.1) is 0 Å². The number of epoxide rings is 1. The van der Waals surface area contributed by atoms with Crippen molar-refractivity contribution in [2.75, 3.05) is 7.11 Å². The van der Waals surface area contributed by atoms with Crippen molar-refractivity contribution in [3.63, 3.8) is 0 Å². The Morgan fingerprint density at radius 2 is 1.83 bits per heavy atom. The van der Waals surface area contributed by atoms with E-state index >= 15 is 0 Å². The minimum absolute atomic E-state index is 0.113. The van der Waals surface area contributed by atoms with Gasteiger partial charge in [-0.2, -0.15) is 0 Å². The van der Waals surface area contributed by atoms with E-state index in [-0.39, 0.29) is 30.4 Å². The SMILES string of the molecule is CCCCCCCCC1OC(OC)C2OC2C1=O. The molecule has 0 saturated carbocycles. The van der Waals surface area contributed by atoms with Gasteiger partial charge in [0.15, 0.2) is 18.2 Å². The summed E-state index contributed by atoms with van der Waals surface area (Å²) in [6.45, 7) is 2.21. The molecule has 0 aromatic heterocycles. The summed E-state index contributed by atoms with van der Waals surface area (Å²) in [4.78, 5) is 11.9. The summed E-state index contributed by atoms with van der Waals surface area (Å²) < 4.78 is 16.1. The fraction of sp³-hybridized carbons (Fsp3) is 0.929. The molecule has 0 aliphatic carbocycles. The molecule has 0 bridgehead atoms. The molecule has 0 radical (unpaired) electrons. The maximum atomic E-state index is 11.9. The lowest BCUT2D eigenvalue weighted by molar-refractivity contribution is -0.181. The van der Waals surface area contributed by atoms with Crippen molar-refractivity contribution in [3.8, 4) is 0 Å². The highest BCUT2D eigenvalue weighted by atomic mass is 16.7. The van der Waals surface area contributed by atoms with Crippen LogP contribution in [0.5, 0.6) is 0 Å². The van der Waals surface area contributed by atoms with Crippen LogP contribution in [-0.2, 0) is 19.0 Å². The van der Waals surface area contributed by atoms with E-state index in [4.69, 9.17) is 14.2 Å². The second-order valence-corrected chi connectivity index (χ2v) is 5.21. The molecule has 0 aromatic carbocycles. The van der Waals surface area contributed by atoms with Crippen molar-refractivity contribution in [1.82, 2.24) is 0 Å². The van der Waals surface area contributed by atoms with Gasteiger partial charge in [0.1, 0.15) is 12.2 Å². The van der Waals surface area contributed by atoms with Gasteiger partial charge in [0.05, 0.1) is 0 Å². The van der Waals surface area contributed by atoms with Gasteiger partial charge < -0.3 is 14.2 Å². The third kappa shape index (κ3) is 3.31. The predicted octanol–water partition coefficient (Wildman–Crippen LogP) is 2.44. The molecule has 2 aliphatic heterocycles. The van der Waals surface area contributed by atoms with E-state index in [1.807, 2.05) is 0 Å². The van der Waals surface area contributed by atoms with Gasteiger partial charge in [0.25, 0.3) is 0 Å². The highest BCUT2D eigenvalue weighted by Crippen LogP contribution is 2.36. The van der Waals surface area contributed by atoms with Crippen LogP contribution in [0.25, 0.3) is 0 Å². The van der Waals surface area contributed by atoms with Gasteiger partial charge in [-0.1, -0.05) is 45.4 Å². The number of hydrogen-bond acceptors (Lipinski definition) is 4. The first-order chi connectivity index (χ1) is 8.77. The van der Waals surface area contributed by atoms with Crippen molar-refractivity contribution < 1.29 is 19.0 Å². The van der Waals surface area contributed by atoms with Crippen LogP contribution in [-0.4, -0.2) is 37.5 Å². The van der Waals surface area contributed by atoms with E-state index in [9.17, 15) is 4.79 Å². The van der Waals surface area contributed by atoms with Crippen LogP contribution >= 0.6 is 0 Å². The first-order valence-corrected chi connectivity index (χ1v) is 7.15. The molecule has 2 rings (SSSR count). The fourth-order valence-electron chi connectivity index (χ4n) is 2.56. The van der Waals surface area contributed by atoms with Crippen LogP contribution in [0.2, 0.25) is 0 Å². The Balaban J connectivity index is 1.64. The number of Topliss-reactive ketones (excluding diaryl/α,β-unsaturated/α-hetero) is 1. The molecule has 0 aromatic rings. The summed E-state index contributed by atoms with van der Waals surface area (Å²) >= 11 is 0. The minimum atomic E-state index is -0.349. The number of carbonyl (C=O) groups is 1. The lowest BCUT2D eigenvalue weighted by Crippen LogP contribution is -2.42. The lowest BCUT2D eigenvalue weighted by Gasteiger charge is -2.25. The van der Waals surface area contributed by atoms with Crippen LogP contribution in [0.1, 0.15) is 51.9 Å². The third-order valence-corrected chi connectivity index (χ3v) is 3.74. The molecular weight excluding hydrogens is 232 g/mol. The largest absolute Gasteiger partial charge is 0.356 e. The van der Waals surface area contributed by atoms with Crippen molar-refractivity contribution in [2.45, 2.75) is 76.5 Å². The second-order valence-electron chi connectivity index (χ2n) is 5.21. The molecule has 4 atom stereocenters. The van der Waals surface area contributed by atoms with Gasteiger partial charge in [0.2, 0.25) is 0 Å². The number of carbonyl (C=O) groups excluding carboxylic acids is 1. The Morgan fingerprint density at radius 3 is 2.56 bits per heavy atom. The lowest BCUT2D eigenvalue weighted by atomic mass is 10.00. The normalized spacial score (nSPS) is 34.4. The van der Waals surface area contributed by atoms with Crippen LogP contribution < -0.4 is 0 Å². The molecule has 0 amide bonds. The van der Waals surface area contributed by atoms with Gasteiger partial charge in [0, 0.05) is 7.11 Å². The highest BCUT2D eigenvalue weighted by molar-refractivity contribution is 5.90. The summed E-state index contributed by atoms with van der Waals surface area (Å²) in [7, 11) is 1.60. The number of unbranched alkanes of at least 4 members (excludes halogenated alkanes) is 5. The quantitative estimate of drug-likeness (QED) is 0.494. The number of rotatable bonds is 8. The standard InChI is InChI=1S/C14H24O4/c1-3-4-5-6-7-8-9-10-11(15)12-13(18-12)14(16-2)17-10/h10,12-14H,3-9H2,1-2H3. The molecule has 104 valence electrons. The van der Waals surface area contributed by atoms with E-state index < -0.39 is 0 Å². The average Bonchev–Trinajstić information content (AvgIpc) is 3.17. The number of ether oxygens (including phenoxy) is 3. The van der Waals surface area contributed by atoms with E-state index in [0.29, 0.717) is 0 Å². The number of methoxy groups -OCH3 is 1. The molecular formula is C14H24O4. The maximum Gasteiger partial charge on any atom is 0.193 e. The molecule has 2 heterocycles. The Bertz CT molecular complexity index is 279. The minimum Gasteiger partial charge on any atom is -0.356 e. The van der Waals surface area contributed by atoms with Crippen molar-refractivity contribution in [1.29, 1.82) is 0 Å². The zero-order valence-electron chi connectivity index (χ0n) is 11.4. The van der Waals surface area contributed by atoms with Crippen molar-refractivity contribution in [3.05, 3.63) is 0 Å². The molecule has 4 heteroatoms. The Morgan fingerprint density at radius 1 is 1.11 bits per heavy atom. The molecule has 0 N–H and O–H groups in total. The van der Waals surface area contributed by atoms with E-state index in [2.05, 4.69) is 6.92 Å². The molecule has 18 heavy (non-hydrogen) atoms. The summed E-state index contributed by atoms with van der Waals surface area (Å²) in [5.74, 6) is 0.113. The van der Waals surface area contributed by atoms with Crippen LogP contribution in [0.4, 0.5) is 0 Å². The number of hydrogen-bond donors (Lipinski definition) is 0. The van der Waals surface area contributed by atoms with Gasteiger partial charge in [-0.25, -0.2) is 0 Å². The molecule has 2 fully saturated rings. The van der Waals surface area contributed by atoms with Crippen LogP contribution in [0.15, 0.2) is 0 Å². The van der Waals surface area contributed by atoms with Gasteiger partial charge >= 0.3 is 0 Å². The van der Waals surface area contributed by atoms with Gasteiger partial charge in [-0.3, -0.25) is 4.79 Å². The monoisotopic (exact) mass is 256 g/mol. The molecule has 4 unspecified atom stereocenters. The van der Waals surface area contributed by atoms with Crippen molar-refractivity contribution in [2.24, 2.45) is 0 Å². The topological polar surface area (TPSA) is 48.1 Å². The Kier molecular flexibility index (Phi) is 5.15. The van der Waals surface area contributed by atoms with Crippen LogP contribution in [0.3, 0.4) is 0 Å². The molecule has 4 nitrogen and oxygen atoms in total. The first-order valence-electron chi connectivity index (χ1n) is 7.15. The summed E-state index contributed by atoms with van der Waals surface area (Å²) in [6, 6.07) is 0. The molecule has 2 aliphatic rings. The average molecular weight is 256 g/mol. The summed E-state index contributed by atoms with van der Waals surface area (Å²) in [5.41, 5.74) is 0. The van der Waals surface area contributed by atoms with E-state index in [1.165, 1.54) is 32.1 Å². The fourth-order valence-corrected chi connectivity index (χ4v) is 2.56. The number of fused-ring (bicyclic) bond motifs is 1. The number of ketones is 1. The first kappa shape index (κ1) is 14.0. The van der Waals surface area contributed by atoms with Crippen LogP contribution in [0, 0.1) is 0 Å². The molecule has 2 saturated heterocycles. The Hall–Kier alpha value is -0.450. The summed E-state index contributed by atoms with van der Waals surface area (Å²) in [5, 5.41) is 0. The van der Waals surface area contributed by atoms with Gasteiger partial charge in [-0.05, 0) is 6.42 Å². The smallest absolute Gasteiger partial charge is 0.193 e. The zero-order chi connectivity index (χ0) is 13.0. The zero-order valence-corrected chi connectivity index (χ0v) is 11.4. The highest BCUT2D eigenvalue weighted by Gasteiger charge is 2.57. The predicted molar refractivity (Wildman–Crippen MR) is 67.3 cm³/mol. The Labute approximate surface area is 109 Å². The molecule has 0 spiro atoms. The van der Waals surface area contributed by atoms with E-state index in [1.54, 1.807) is 7.11 Å². The van der Waals surface area contributed by atoms with E-state index in [0.717, 1.165) is 12.8 Å².